The number of anilines is 1. The molecule has 28 heavy (non-hydrogen) atoms. The van der Waals surface area contributed by atoms with Gasteiger partial charge < -0.3 is 14.3 Å². The molecule has 0 radical (unpaired) electrons. The Morgan fingerprint density at radius 3 is 2.79 bits per heavy atom. The lowest BCUT2D eigenvalue weighted by Gasteiger charge is -2.12. The maximum Gasteiger partial charge on any atom is 0.275 e. The number of amides is 1. The van der Waals surface area contributed by atoms with Gasteiger partial charge >= 0.3 is 0 Å². The van der Waals surface area contributed by atoms with Gasteiger partial charge in [-0.2, -0.15) is 0 Å². The fraction of sp³-hybridized carbons (Fsp3) is 0.238. The van der Waals surface area contributed by atoms with E-state index in [2.05, 4.69) is 22.2 Å². The van der Waals surface area contributed by atoms with E-state index in [1.165, 1.54) is 0 Å². The number of fused-ring (bicyclic) bond motifs is 3. The van der Waals surface area contributed by atoms with Gasteiger partial charge in [-0.25, -0.2) is 4.98 Å². The summed E-state index contributed by atoms with van der Waals surface area (Å²) in [5.74, 6) is 0.430. The lowest BCUT2D eigenvalue weighted by molar-refractivity contribution is -0.116. The van der Waals surface area contributed by atoms with Crippen LogP contribution in [-0.2, 0) is 17.8 Å². The van der Waals surface area contributed by atoms with Crippen LogP contribution in [0.2, 0.25) is 0 Å². The Balaban J connectivity index is 1.48. The summed E-state index contributed by atoms with van der Waals surface area (Å²) in [6.07, 6.45) is 8.78. The van der Waals surface area contributed by atoms with E-state index in [-0.39, 0.29) is 11.5 Å². The van der Waals surface area contributed by atoms with Gasteiger partial charge in [0.15, 0.2) is 0 Å². The van der Waals surface area contributed by atoms with E-state index in [1.807, 2.05) is 28.8 Å². The second kappa shape index (κ2) is 7.64. The molecule has 4 aromatic heterocycles. The molecule has 4 aromatic rings. The third-order valence-electron chi connectivity index (χ3n) is 4.83. The monoisotopic (exact) mass is 375 g/mol. The van der Waals surface area contributed by atoms with Crippen LogP contribution in [0, 0.1) is 0 Å². The number of hydrogen-bond donors (Lipinski definition) is 1. The van der Waals surface area contributed by atoms with Crippen molar-refractivity contribution in [2.24, 2.45) is 0 Å². The van der Waals surface area contributed by atoms with E-state index in [0.29, 0.717) is 30.7 Å². The molecule has 0 aromatic carbocycles. The molecule has 7 heteroatoms. The van der Waals surface area contributed by atoms with E-state index < -0.39 is 0 Å². The molecule has 0 spiro atoms. The van der Waals surface area contributed by atoms with Crippen LogP contribution in [0.3, 0.4) is 0 Å². The van der Waals surface area contributed by atoms with Crippen LogP contribution in [0.25, 0.3) is 16.6 Å². The number of pyridine rings is 2. The van der Waals surface area contributed by atoms with Crippen molar-refractivity contribution in [2.75, 3.05) is 5.32 Å². The molecule has 1 amide bonds. The number of carbonyl (C=O) groups excluding carboxylic acids is 1. The Morgan fingerprint density at radius 1 is 1.11 bits per heavy atom. The minimum Gasteiger partial charge on any atom is -0.311 e. The molecule has 4 heterocycles. The molecule has 4 rings (SSSR count). The van der Waals surface area contributed by atoms with Gasteiger partial charge in [0, 0.05) is 31.6 Å². The van der Waals surface area contributed by atoms with Gasteiger partial charge in [0.05, 0.1) is 17.2 Å². The zero-order chi connectivity index (χ0) is 19.5. The van der Waals surface area contributed by atoms with Gasteiger partial charge in [-0.15, -0.1) is 0 Å². The zero-order valence-electron chi connectivity index (χ0n) is 15.6. The highest BCUT2D eigenvalue weighted by Crippen LogP contribution is 2.14. The molecule has 142 valence electrons. The predicted octanol–water partition coefficient (Wildman–Crippen LogP) is 3.03. The molecule has 0 aliphatic carbocycles. The normalized spacial score (nSPS) is 11.2. The summed E-state index contributed by atoms with van der Waals surface area (Å²) in [6, 6.07) is 9.30. The average Bonchev–Trinajstić information content (AvgIpc) is 3.21. The van der Waals surface area contributed by atoms with Crippen molar-refractivity contribution < 1.29 is 4.79 Å². The van der Waals surface area contributed by atoms with E-state index in [4.69, 9.17) is 0 Å². The quantitative estimate of drug-likeness (QED) is 0.562. The first-order valence-corrected chi connectivity index (χ1v) is 9.35. The lowest BCUT2D eigenvalue weighted by Crippen LogP contribution is -2.23. The van der Waals surface area contributed by atoms with Crippen LogP contribution in [0.5, 0.6) is 0 Å². The van der Waals surface area contributed by atoms with Crippen molar-refractivity contribution in [1.29, 1.82) is 0 Å². The van der Waals surface area contributed by atoms with Crippen molar-refractivity contribution >= 4 is 28.3 Å². The van der Waals surface area contributed by atoms with Crippen molar-refractivity contribution in [1.82, 2.24) is 18.9 Å². The van der Waals surface area contributed by atoms with Gasteiger partial charge in [-0.1, -0.05) is 13.0 Å². The largest absolute Gasteiger partial charge is 0.311 e. The van der Waals surface area contributed by atoms with E-state index >= 15 is 0 Å². The third-order valence-corrected chi connectivity index (χ3v) is 4.83. The molecule has 0 saturated heterocycles. The van der Waals surface area contributed by atoms with Crippen LogP contribution < -0.4 is 10.9 Å². The summed E-state index contributed by atoms with van der Waals surface area (Å²) < 4.78 is 3.56. The Kier molecular flexibility index (Phi) is 4.89. The van der Waals surface area contributed by atoms with Crippen LogP contribution in [0.4, 0.5) is 5.82 Å². The number of rotatable bonds is 6. The molecule has 0 bridgehead atoms. The molecule has 0 aliphatic rings. The second-order valence-corrected chi connectivity index (χ2v) is 6.64. The number of nitrogens with zero attached hydrogens (tertiary/aromatic N) is 4. The minimum atomic E-state index is -0.115. The first-order chi connectivity index (χ1) is 13.7. The van der Waals surface area contributed by atoms with Crippen LogP contribution in [0.15, 0.2) is 59.9 Å². The summed E-state index contributed by atoms with van der Waals surface area (Å²) in [5, 5.41) is 2.80. The van der Waals surface area contributed by atoms with Gasteiger partial charge in [0.2, 0.25) is 5.91 Å². The molecular weight excluding hydrogens is 354 g/mol. The molecule has 7 nitrogen and oxygen atoms in total. The average molecular weight is 375 g/mol. The summed E-state index contributed by atoms with van der Waals surface area (Å²) in [6.45, 7) is 2.50. The maximum atomic E-state index is 12.8. The molecule has 0 atom stereocenters. The van der Waals surface area contributed by atoms with Crippen molar-refractivity contribution in [3.8, 4) is 0 Å². The number of hydrogen-bond acceptors (Lipinski definition) is 4. The van der Waals surface area contributed by atoms with Gasteiger partial charge in [-0.3, -0.25) is 14.6 Å². The lowest BCUT2D eigenvalue weighted by atomic mass is 10.2. The summed E-state index contributed by atoms with van der Waals surface area (Å²) in [7, 11) is 0. The first-order valence-electron chi connectivity index (χ1n) is 9.35. The molecule has 0 fully saturated rings. The first kappa shape index (κ1) is 17.9. The Hall–Kier alpha value is -3.48. The molecule has 1 N–H and O–H groups in total. The second-order valence-electron chi connectivity index (χ2n) is 6.64. The fourth-order valence-electron chi connectivity index (χ4n) is 3.34. The minimum absolute atomic E-state index is 0.0808. The summed E-state index contributed by atoms with van der Waals surface area (Å²) >= 11 is 0. The highest BCUT2D eigenvalue weighted by Gasteiger charge is 2.11. The highest BCUT2D eigenvalue weighted by atomic mass is 16.1. The topological polar surface area (TPSA) is 81.3 Å². The standard InChI is InChI=1S/C21H21N5O2/c1-2-15-7-8-19(23-13-15)24-20(27)6-4-12-26-18-14-22-10-9-16(18)25-11-3-5-17(25)21(26)28/h3,5,7-11,13-14H,2,4,6,12H2,1H3,(H,23,24,27). The van der Waals surface area contributed by atoms with Gasteiger partial charge in [-0.05, 0) is 42.7 Å². The van der Waals surface area contributed by atoms with Crippen LogP contribution in [-0.4, -0.2) is 24.8 Å². The molecular formula is C21H21N5O2. The predicted molar refractivity (Wildman–Crippen MR) is 108 cm³/mol. The van der Waals surface area contributed by atoms with Crippen molar-refractivity contribution in [3.63, 3.8) is 0 Å². The number of nitrogens with one attached hydrogen (secondary N) is 1. The summed E-state index contributed by atoms with van der Waals surface area (Å²) in [4.78, 5) is 33.5. The number of aryl methyl sites for hydroxylation is 2. The van der Waals surface area contributed by atoms with Gasteiger partial charge in [0.25, 0.3) is 5.56 Å². The Bertz CT molecular complexity index is 1190. The van der Waals surface area contributed by atoms with Crippen molar-refractivity contribution in [3.05, 3.63) is 71.0 Å². The van der Waals surface area contributed by atoms with Crippen LogP contribution >= 0.6 is 0 Å². The molecule has 0 unspecified atom stereocenters. The third kappa shape index (κ3) is 3.38. The highest BCUT2D eigenvalue weighted by molar-refractivity contribution is 5.89. The maximum absolute atomic E-state index is 12.8. The zero-order valence-corrected chi connectivity index (χ0v) is 15.6. The Morgan fingerprint density at radius 2 is 2.00 bits per heavy atom. The Labute approximate surface area is 161 Å². The number of carbonyl (C=O) groups is 1. The van der Waals surface area contributed by atoms with Crippen molar-refractivity contribution in [2.45, 2.75) is 32.7 Å². The molecule has 0 aliphatic heterocycles. The molecule has 0 saturated carbocycles. The summed E-state index contributed by atoms with van der Waals surface area (Å²) in [5.41, 5.74) is 3.33. The van der Waals surface area contributed by atoms with E-state index in [1.54, 1.807) is 35.3 Å². The number of aromatic nitrogens is 4. The SMILES string of the molecule is CCc1ccc(NC(=O)CCCn2c(=O)c3cccn3c3ccncc32)nc1. The van der Waals surface area contributed by atoms with Crippen LogP contribution in [0.1, 0.15) is 25.3 Å². The van der Waals surface area contributed by atoms with E-state index in [9.17, 15) is 9.59 Å². The van der Waals surface area contributed by atoms with Gasteiger partial charge in [0.1, 0.15) is 11.3 Å². The fourth-order valence-corrected chi connectivity index (χ4v) is 3.34. The van der Waals surface area contributed by atoms with E-state index in [0.717, 1.165) is 23.0 Å². The smallest absolute Gasteiger partial charge is 0.275 e.